The molecule has 0 amide bonds. The molecule has 1 heterocycles. The highest BCUT2D eigenvalue weighted by Gasteiger charge is 1.93. The number of anilines is 2. The first-order valence-corrected chi connectivity index (χ1v) is 3.59. The summed E-state index contributed by atoms with van der Waals surface area (Å²) in [7, 11) is 0. The lowest BCUT2D eigenvalue weighted by atomic mass is 10.4. The van der Waals surface area contributed by atoms with E-state index in [1.54, 1.807) is 18.3 Å². The van der Waals surface area contributed by atoms with Crippen LogP contribution in [0, 0.1) is 0 Å². The van der Waals surface area contributed by atoms with Crippen LogP contribution in [0.25, 0.3) is 0 Å². The van der Waals surface area contributed by atoms with Gasteiger partial charge in [0.15, 0.2) is 0 Å². The van der Waals surface area contributed by atoms with Gasteiger partial charge in [-0.3, -0.25) is 0 Å². The molecular weight excluding hydrogens is 159 g/mol. The Labute approximate surface area is 70.0 Å². The third-order valence-electron chi connectivity index (χ3n) is 1.33. The van der Waals surface area contributed by atoms with Crippen LogP contribution < -0.4 is 16.6 Å². The Morgan fingerprint density at radius 3 is 3.08 bits per heavy atom. The van der Waals surface area contributed by atoms with Crippen LogP contribution in [-0.2, 0) is 0 Å². The largest absolute Gasteiger partial charge is 0.382 e. The minimum Gasteiger partial charge on any atom is -0.382 e. The number of hydrogen-bond acceptors (Lipinski definition) is 4. The van der Waals surface area contributed by atoms with Gasteiger partial charge in [-0.25, -0.2) is 15.2 Å². The van der Waals surface area contributed by atoms with Crippen molar-refractivity contribution in [2.45, 2.75) is 0 Å². The summed E-state index contributed by atoms with van der Waals surface area (Å²) in [6.45, 7) is -0.0955. The summed E-state index contributed by atoms with van der Waals surface area (Å²) >= 11 is 0. The molecule has 1 aromatic rings. The zero-order valence-electron chi connectivity index (χ0n) is 6.55. The number of aromatic nitrogens is 1. The average Bonchev–Trinajstić information content (AvgIpc) is 2.15. The maximum Gasteiger partial charge on any atom is 0.141 e. The fourth-order valence-corrected chi connectivity index (χ4v) is 0.811. The van der Waals surface area contributed by atoms with E-state index in [-0.39, 0.29) is 0 Å². The molecule has 0 spiro atoms. The molecule has 66 valence electrons. The van der Waals surface area contributed by atoms with Gasteiger partial charge in [0.2, 0.25) is 0 Å². The van der Waals surface area contributed by atoms with Gasteiger partial charge in [0.1, 0.15) is 12.5 Å². The number of hydrazine groups is 1. The van der Waals surface area contributed by atoms with Gasteiger partial charge < -0.3 is 10.7 Å². The van der Waals surface area contributed by atoms with Gasteiger partial charge in [-0.15, -0.1) is 0 Å². The van der Waals surface area contributed by atoms with Gasteiger partial charge in [-0.2, -0.15) is 0 Å². The minimum atomic E-state index is -0.395. The van der Waals surface area contributed by atoms with Crippen molar-refractivity contribution in [1.29, 1.82) is 0 Å². The number of nitrogen functional groups attached to an aromatic ring is 1. The number of nitrogens with two attached hydrogens (primary N) is 1. The molecular formula is C7H11FN4. The molecule has 0 atom stereocenters. The van der Waals surface area contributed by atoms with Crippen molar-refractivity contribution in [3.8, 4) is 0 Å². The van der Waals surface area contributed by atoms with E-state index in [1.165, 1.54) is 0 Å². The first-order valence-electron chi connectivity index (χ1n) is 3.59. The maximum atomic E-state index is 11.7. The average molecular weight is 170 g/mol. The normalized spacial score (nSPS) is 9.50. The molecule has 0 bridgehead atoms. The Bertz CT molecular complexity index is 241. The highest BCUT2D eigenvalue weighted by molar-refractivity contribution is 5.51. The first kappa shape index (κ1) is 8.73. The van der Waals surface area contributed by atoms with Gasteiger partial charge >= 0.3 is 0 Å². The second-order valence-corrected chi connectivity index (χ2v) is 2.19. The second kappa shape index (κ2) is 4.50. The Balaban J connectivity index is 2.60. The van der Waals surface area contributed by atoms with Crippen LogP contribution >= 0.6 is 0 Å². The lowest BCUT2D eigenvalue weighted by Gasteiger charge is -2.04. The van der Waals surface area contributed by atoms with Crippen LogP contribution in [0.2, 0.25) is 0 Å². The summed E-state index contributed by atoms with van der Waals surface area (Å²) in [6.07, 6.45) is 1.59. The fraction of sp³-hybridized carbons (Fsp3) is 0.286. The van der Waals surface area contributed by atoms with Gasteiger partial charge in [-0.05, 0) is 6.07 Å². The summed E-state index contributed by atoms with van der Waals surface area (Å²) in [6, 6.07) is 3.45. The van der Waals surface area contributed by atoms with Crippen LogP contribution in [-0.4, -0.2) is 18.2 Å². The van der Waals surface area contributed by atoms with E-state index in [0.29, 0.717) is 12.4 Å². The number of nitrogens with one attached hydrogen (secondary N) is 2. The lowest BCUT2D eigenvalue weighted by molar-refractivity contribution is 0.513. The number of halogens is 1. The number of pyridine rings is 1. The third kappa shape index (κ3) is 2.35. The van der Waals surface area contributed by atoms with Crippen LogP contribution in [0.15, 0.2) is 18.3 Å². The molecule has 4 nitrogen and oxygen atoms in total. The van der Waals surface area contributed by atoms with Crippen LogP contribution in [0.3, 0.4) is 0 Å². The molecule has 4 N–H and O–H groups in total. The van der Waals surface area contributed by atoms with Crippen LogP contribution in [0.5, 0.6) is 0 Å². The smallest absolute Gasteiger partial charge is 0.141 e. The van der Waals surface area contributed by atoms with Crippen molar-refractivity contribution in [3.05, 3.63) is 18.3 Å². The summed E-state index contributed by atoms with van der Waals surface area (Å²) in [4.78, 5) is 3.90. The first-order chi connectivity index (χ1) is 5.86. The van der Waals surface area contributed by atoms with E-state index < -0.39 is 6.67 Å². The van der Waals surface area contributed by atoms with Crippen molar-refractivity contribution in [2.24, 2.45) is 5.84 Å². The standard InChI is InChI=1S/C7H11FN4/c8-2-4-10-6-1-3-11-7(5-6)12-9/h1,3,5H,2,4,9H2,(H2,10,11,12). The van der Waals surface area contributed by atoms with E-state index in [4.69, 9.17) is 5.84 Å². The Kier molecular flexibility index (Phi) is 3.28. The molecule has 0 aromatic carbocycles. The molecule has 1 rings (SSSR count). The Hall–Kier alpha value is -1.36. The van der Waals surface area contributed by atoms with Gasteiger partial charge in [0.25, 0.3) is 0 Å². The predicted molar refractivity (Wildman–Crippen MR) is 46.5 cm³/mol. The van der Waals surface area contributed by atoms with Crippen molar-refractivity contribution >= 4 is 11.5 Å². The maximum absolute atomic E-state index is 11.7. The molecule has 0 fully saturated rings. The Morgan fingerprint density at radius 1 is 1.58 bits per heavy atom. The zero-order chi connectivity index (χ0) is 8.81. The highest BCUT2D eigenvalue weighted by atomic mass is 19.1. The molecule has 5 heteroatoms. The summed E-state index contributed by atoms with van der Waals surface area (Å²) in [5, 5.41) is 2.86. The van der Waals surface area contributed by atoms with Gasteiger partial charge in [-0.1, -0.05) is 0 Å². The molecule has 0 saturated carbocycles. The van der Waals surface area contributed by atoms with Gasteiger partial charge in [0, 0.05) is 24.5 Å². The van der Waals surface area contributed by atoms with Crippen LogP contribution in [0.1, 0.15) is 0 Å². The van der Waals surface area contributed by atoms with E-state index in [2.05, 4.69) is 15.7 Å². The summed E-state index contributed by atoms with van der Waals surface area (Å²) in [5.74, 6) is 5.69. The highest BCUT2D eigenvalue weighted by Crippen LogP contribution is 2.09. The van der Waals surface area contributed by atoms with E-state index in [0.717, 1.165) is 5.69 Å². The topological polar surface area (TPSA) is 63.0 Å². The molecule has 0 aliphatic carbocycles. The third-order valence-corrected chi connectivity index (χ3v) is 1.33. The quantitative estimate of drug-likeness (QED) is 0.461. The minimum absolute atomic E-state index is 0.300. The molecule has 0 saturated heterocycles. The fourth-order valence-electron chi connectivity index (χ4n) is 0.811. The zero-order valence-corrected chi connectivity index (χ0v) is 6.55. The second-order valence-electron chi connectivity index (χ2n) is 2.19. The van der Waals surface area contributed by atoms with Gasteiger partial charge in [0.05, 0.1) is 0 Å². The molecule has 0 radical (unpaired) electrons. The SMILES string of the molecule is NNc1cc(NCCF)ccn1. The summed E-state index contributed by atoms with van der Waals surface area (Å²) in [5.41, 5.74) is 3.20. The number of rotatable bonds is 4. The van der Waals surface area contributed by atoms with Crippen molar-refractivity contribution in [3.63, 3.8) is 0 Å². The Morgan fingerprint density at radius 2 is 2.42 bits per heavy atom. The number of alkyl halides is 1. The molecule has 0 aliphatic heterocycles. The predicted octanol–water partition coefficient (Wildman–Crippen LogP) is 0.749. The summed E-state index contributed by atoms with van der Waals surface area (Å²) < 4.78 is 11.7. The molecule has 0 unspecified atom stereocenters. The molecule has 12 heavy (non-hydrogen) atoms. The monoisotopic (exact) mass is 170 g/mol. The van der Waals surface area contributed by atoms with E-state index >= 15 is 0 Å². The number of hydrogen-bond donors (Lipinski definition) is 3. The molecule has 0 aliphatic rings. The van der Waals surface area contributed by atoms with E-state index in [9.17, 15) is 4.39 Å². The molecule has 1 aromatic heterocycles. The van der Waals surface area contributed by atoms with Crippen molar-refractivity contribution in [2.75, 3.05) is 24.0 Å². The van der Waals surface area contributed by atoms with Crippen LogP contribution in [0.4, 0.5) is 15.9 Å². The number of nitrogens with zero attached hydrogens (tertiary/aromatic N) is 1. The lowest BCUT2D eigenvalue weighted by Crippen LogP contribution is -2.09. The van der Waals surface area contributed by atoms with E-state index in [1.807, 2.05) is 0 Å². The van der Waals surface area contributed by atoms with Crippen molar-refractivity contribution in [1.82, 2.24) is 4.98 Å². The van der Waals surface area contributed by atoms with Crippen molar-refractivity contribution < 1.29 is 4.39 Å².